The van der Waals surface area contributed by atoms with Crippen LogP contribution >= 0.6 is 0 Å². The number of hydrogen-bond donors (Lipinski definition) is 4. The molecule has 0 saturated carbocycles. The zero-order valence-corrected chi connectivity index (χ0v) is 23.7. The molecule has 3 atom stereocenters. The number of carbonyl (C=O) groups excluding carboxylic acids is 4. The highest BCUT2D eigenvalue weighted by Gasteiger charge is 2.34. The fourth-order valence-electron chi connectivity index (χ4n) is 4.27. The minimum atomic E-state index is -1.01. The van der Waals surface area contributed by atoms with E-state index in [9.17, 15) is 19.2 Å². The molecule has 11 heteroatoms. The summed E-state index contributed by atoms with van der Waals surface area (Å²) in [5.74, 6) is -2.03. The Morgan fingerprint density at radius 1 is 0.850 bits per heavy atom. The van der Waals surface area contributed by atoms with Gasteiger partial charge >= 0.3 is 0 Å². The van der Waals surface area contributed by atoms with E-state index in [1.165, 1.54) is 23.8 Å². The standard InChI is InChI=1S/C29H41N7O4/c1-19-12-14-22(15-13-19)18-25(35(3)20(2)37)27(39)34-23(11-8-16-33-29(31)32)28(40)36(4)24(26(30)38)17-21-9-6-5-7-10-21/h5-7,9-10,12-15,23-25H,8,11,16-18H2,1-4H3,(H2,30,38)(H,34,39)(H4,31,32,33). The van der Waals surface area contributed by atoms with Crippen LogP contribution in [0.5, 0.6) is 0 Å². The first kappa shape index (κ1) is 31.8. The topological polar surface area (TPSA) is 177 Å². The maximum atomic E-state index is 13.7. The third kappa shape index (κ3) is 9.72. The third-order valence-electron chi connectivity index (χ3n) is 6.79. The minimum absolute atomic E-state index is 0.0815. The van der Waals surface area contributed by atoms with Crippen molar-refractivity contribution in [3.63, 3.8) is 0 Å². The van der Waals surface area contributed by atoms with Crippen molar-refractivity contribution >= 4 is 29.6 Å². The number of carbonyl (C=O) groups is 4. The van der Waals surface area contributed by atoms with E-state index in [1.807, 2.05) is 61.5 Å². The molecule has 0 saturated heterocycles. The van der Waals surface area contributed by atoms with Gasteiger partial charge in [-0.2, -0.15) is 0 Å². The van der Waals surface area contributed by atoms with Crippen LogP contribution in [-0.4, -0.2) is 78.2 Å². The molecular weight excluding hydrogens is 510 g/mol. The van der Waals surface area contributed by atoms with E-state index in [0.717, 1.165) is 16.7 Å². The highest BCUT2D eigenvalue weighted by Crippen LogP contribution is 2.14. The molecule has 0 radical (unpaired) electrons. The van der Waals surface area contributed by atoms with Gasteiger partial charge < -0.3 is 32.3 Å². The summed E-state index contributed by atoms with van der Waals surface area (Å²) in [7, 11) is 3.03. The lowest BCUT2D eigenvalue weighted by Crippen LogP contribution is -2.57. The third-order valence-corrected chi connectivity index (χ3v) is 6.79. The predicted molar refractivity (Wildman–Crippen MR) is 155 cm³/mol. The lowest BCUT2D eigenvalue weighted by molar-refractivity contribution is -0.143. The number of benzene rings is 2. The van der Waals surface area contributed by atoms with Gasteiger partial charge in [0.25, 0.3) is 0 Å². The molecule has 40 heavy (non-hydrogen) atoms. The number of likely N-dealkylation sites (N-methyl/N-ethyl adjacent to an activating group) is 2. The van der Waals surface area contributed by atoms with Gasteiger partial charge in [-0.05, 0) is 30.9 Å². The first-order valence-electron chi connectivity index (χ1n) is 13.1. The number of primary amides is 1. The number of hydrogen-bond acceptors (Lipinski definition) is 5. The van der Waals surface area contributed by atoms with Crippen molar-refractivity contribution in [3.05, 3.63) is 71.3 Å². The molecule has 3 unspecified atom stereocenters. The number of nitrogens with zero attached hydrogens (tertiary/aromatic N) is 3. The van der Waals surface area contributed by atoms with E-state index in [2.05, 4.69) is 10.3 Å². The second kappa shape index (κ2) is 15.2. The molecule has 216 valence electrons. The number of aryl methyl sites for hydroxylation is 1. The van der Waals surface area contributed by atoms with Gasteiger partial charge in [0.1, 0.15) is 18.1 Å². The van der Waals surface area contributed by atoms with Gasteiger partial charge in [-0.1, -0.05) is 60.2 Å². The molecule has 0 spiro atoms. The van der Waals surface area contributed by atoms with Crippen LogP contribution in [0, 0.1) is 6.92 Å². The molecule has 7 N–H and O–H groups in total. The first-order valence-corrected chi connectivity index (χ1v) is 13.1. The Hall–Kier alpha value is -4.41. The summed E-state index contributed by atoms with van der Waals surface area (Å²) in [4.78, 5) is 58.5. The van der Waals surface area contributed by atoms with Crippen LogP contribution < -0.4 is 22.5 Å². The molecule has 2 aromatic carbocycles. The molecule has 11 nitrogen and oxygen atoms in total. The Labute approximate surface area is 235 Å². The summed E-state index contributed by atoms with van der Waals surface area (Å²) >= 11 is 0. The monoisotopic (exact) mass is 551 g/mol. The van der Waals surface area contributed by atoms with Gasteiger partial charge in [-0.3, -0.25) is 24.2 Å². The number of nitrogens with one attached hydrogen (secondary N) is 1. The van der Waals surface area contributed by atoms with Crippen LogP contribution in [0.4, 0.5) is 0 Å². The zero-order chi connectivity index (χ0) is 29.8. The summed E-state index contributed by atoms with van der Waals surface area (Å²) in [6.07, 6.45) is 1.05. The maximum absolute atomic E-state index is 13.7. The highest BCUT2D eigenvalue weighted by molar-refractivity contribution is 5.94. The fourth-order valence-corrected chi connectivity index (χ4v) is 4.27. The molecule has 0 aliphatic rings. The summed E-state index contributed by atoms with van der Waals surface area (Å²) in [5, 5.41) is 2.82. The van der Waals surface area contributed by atoms with Gasteiger partial charge in [-0.15, -0.1) is 0 Å². The Bertz CT molecular complexity index is 1180. The van der Waals surface area contributed by atoms with Crippen molar-refractivity contribution in [2.45, 2.75) is 57.7 Å². The minimum Gasteiger partial charge on any atom is -0.370 e. The van der Waals surface area contributed by atoms with Gasteiger partial charge in [0.15, 0.2) is 5.96 Å². The van der Waals surface area contributed by atoms with Crippen LogP contribution in [0.1, 0.15) is 36.5 Å². The summed E-state index contributed by atoms with van der Waals surface area (Å²) in [6.45, 7) is 3.58. The first-order chi connectivity index (χ1) is 18.9. The van der Waals surface area contributed by atoms with E-state index in [1.54, 1.807) is 7.05 Å². The van der Waals surface area contributed by atoms with Crippen molar-refractivity contribution in [1.82, 2.24) is 15.1 Å². The molecule has 0 aromatic heterocycles. The molecule has 0 aliphatic heterocycles. The number of amides is 4. The van der Waals surface area contributed by atoms with Gasteiger partial charge in [0.2, 0.25) is 23.6 Å². The quantitative estimate of drug-likeness (QED) is 0.151. The summed E-state index contributed by atoms with van der Waals surface area (Å²) < 4.78 is 0. The van der Waals surface area contributed by atoms with Crippen LogP contribution in [-0.2, 0) is 32.0 Å². The average Bonchev–Trinajstić information content (AvgIpc) is 2.92. The predicted octanol–water partition coefficient (Wildman–Crippen LogP) is 0.478. The van der Waals surface area contributed by atoms with Crippen LogP contribution in [0.15, 0.2) is 59.6 Å². The largest absolute Gasteiger partial charge is 0.370 e. The van der Waals surface area contributed by atoms with E-state index in [4.69, 9.17) is 17.2 Å². The average molecular weight is 552 g/mol. The molecule has 2 aromatic rings. The highest BCUT2D eigenvalue weighted by atomic mass is 16.2. The maximum Gasteiger partial charge on any atom is 0.245 e. The molecule has 4 amide bonds. The number of aliphatic imine (C=N–C) groups is 1. The van der Waals surface area contributed by atoms with Crippen molar-refractivity contribution in [1.29, 1.82) is 0 Å². The lowest BCUT2D eigenvalue weighted by Gasteiger charge is -2.32. The Morgan fingerprint density at radius 3 is 1.98 bits per heavy atom. The molecule has 0 aliphatic carbocycles. The molecule has 0 bridgehead atoms. The van der Waals surface area contributed by atoms with E-state index >= 15 is 0 Å². The molecule has 2 rings (SSSR count). The Balaban J connectivity index is 2.31. The SMILES string of the molecule is CC(=O)N(C)C(Cc1ccc(C)cc1)C(=O)NC(CCCN=C(N)N)C(=O)N(C)C(Cc1ccccc1)C(N)=O. The molecular formula is C29H41N7O4. The van der Waals surface area contributed by atoms with Gasteiger partial charge in [0.05, 0.1) is 0 Å². The van der Waals surface area contributed by atoms with Crippen molar-refractivity contribution in [3.8, 4) is 0 Å². The Kier molecular flexibility index (Phi) is 12.1. The van der Waals surface area contributed by atoms with Crippen LogP contribution in [0.3, 0.4) is 0 Å². The van der Waals surface area contributed by atoms with Gasteiger partial charge in [-0.25, -0.2) is 0 Å². The zero-order valence-electron chi connectivity index (χ0n) is 23.7. The van der Waals surface area contributed by atoms with E-state index in [-0.39, 0.29) is 37.7 Å². The van der Waals surface area contributed by atoms with Crippen molar-refractivity contribution in [2.75, 3.05) is 20.6 Å². The summed E-state index contributed by atoms with van der Waals surface area (Å²) in [5.41, 5.74) is 19.3. The smallest absolute Gasteiger partial charge is 0.245 e. The van der Waals surface area contributed by atoms with Gasteiger partial charge in [0, 0.05) is 40.4 Å². The van der Waals surface area contributed by atoms with Crippen LogP contribution in [0.2, 0.25) is 0 Å². The second-order valence-electron chi connectivity index (χ2n) is 9.90. The number of guanidine groups is 1. The molecule has 0 heterocycles. The lowest BCUT2D eigenvalue weighted by atomic mass is 10.0. The van der Waals surface area contributed by atoms with Crippen molar-refractivity contribution < 1.29 is 19.2 Å². The van der Waals surface area contributed by atoms with Crippen molar-refractivity contribution in [2.24, 2.45) is 22.2 Å². The summed E-state index contributed by atoms with van der Waals surface area (Å²) in [6, 6.07) is 14.1. The number of rotatable bonds is 14. The van der Waals surface area contributed by atoms with Crippen LogP contribution in [0.25, 0.3) is 0 Å². The fraction of sp³-hybridized carbons (Fsp3) is 0.414. The molecule has 0 fully saturated rings. The number of nitrogens with two attached hydrogens (primary N) is 3. The normalized spacial score (nSPS) is 12.9. The van der Waals surface area contributed by atoms with E-state index in [0.29, 0.717) is 6.42 Å². The second-order valence-corrected chi connectivity index (χ2v) is 9.90. The van der Waals surface area contributed by atoms with E-state index < -0.39 is 35.8 Å². The Morgan fingerprint density at radius 2 is 1.43 bits per heavy atom.